The van der Waals surface area contributed by atoms with Crippen LogP contribution in [-0.4, -0.2) is 10.8 Å². The fourth-order valence-corrected chi connectivity index (χ4v) is 9.07. The largest absolute Gasteiger partial charge is 0.335 e. The minimum Gasteiger partial charge on any atom is -0.335 e. The summed E-state index contributed by atoms with van der Waals surface area (Å²) >= 11 is 19.7. The van der Waals surface area contributed by atoms with Gasteiger partial charge in [-0.25, -0.2) is 4.78 Å². The molecule has 4 nitrogen and oxygen atoms in total. The van der Waals surface area contributed by atoms with Gasteiger partial charge in [-0.2, -0.15) is 5.10 Å². The Hall–Kier alpha value is -2.56. The summed E-state index contributed by atoms with van der Waals surface area (Å²) in [5, 5.41) is 10.6. The van der Waals surface area contributed by atoms with Crippen molar-refractivity contribution in [3.8, 4) is 5.69 Å². The van der Waals surface area contributed by atoms with Gasteiger partial charge in [-0.05, 0) is 69.0 Å². The standard InChI is InChI=1S/C26H23Cl2N4PS/c1-17-12-14-20(15-13-17)31-18(2)22-16-29-32(21-8-5-4-6-9-21)33(34,26(22)19(31)3)30-25-23(27)10-7-11-24(25)28/h4-16H,1-3H3,(H,30,34). The molecule has 1 aliphatic heterocycles. The highest BCUT2D eigenvalue weighted by Crippen LogP contribution is 2.56. The zero-order valence-electron chi connectivity index (χ0n) is 19.0. The number of aryl methyl sites for hydroxylation is 1. The number of hydrogen-bond donors (Lipinski definition) is 1. The molecule has 0 spiro atoms. The molecule has 0 radical (unpaired) electrons. The van der Waals surface area contributed by atoms with Crippen molar-refractivity contribution < 1.29 is 0 Å². The van der Waals surface area contributed by atoms with Gasteiger partial charge in [-0.3, -0.25) is 0 Å². The van der Waals surface area contributed by atoms with Crippen molar-refractivity contribution in [2.45, 2.75) is 20.8 Å². The van der Waals surface area contributed by atoms with Gasteiger partial charge in [-0.1, -0.05) is 65.2 Å². The summed E-state index contributed by atoms with van der Waals surface area (Å²) in [4.78, 5) is 0. The van der Waals surface area contributed by atoms with Crippen molar-refractivity contribution in [3.05, 3.63) is 105 Å². The lowest BCUT2D eigenvalue weighted by atomic mass is 10.2. The number of anilines is 2. The number of halogens is 2. The predicted molar refractivity (Wildman–Crippen MR) is 150 cm³/mol. The third-order valence-electron chi connectivity index (χ3n) is 6.03. The van der Waals surface area contributed by atoms with Crippen LogP contribution in [0.15, 0.2) is 77.9 Å². The zero-order chi connectivity index (χ0) is 24.0. The first-order valence-electron chi connectivity index (χ1n) is 10.8. The monoisotopic (exact) mass is 524 g/mol. The number of hydrogen-bond acceptors (Lipinski definition) is 2. The Bertz CT molecular complexity index is 1440. The van der Waals surface area contributed by atoms with Crippen molar-refractivity contribution in [3.63, 3.8) is 0 Å². The van der Waals surface area contributed by atoms with E-state index in [1.54, 1.807) is 0 Å². The third kappa shape index (κ3) is 3.77. The quantitative estimate of drug-likeness (QED) is 0.279. The summed E-state index contributed by atoms with van der Waals surface area (Å²) in [6, 6.07) is 23.9. The fourth-order valence-electron chi connectivity index (χ4n) is 4.39. The summed E-state index contributed by atoms with van der Waals surface area (Å²) in [5.74, 6) is 0. The molecule has 0 saturated heterocycles. The molecule has 4 aromatic rings. The Balaban J connectivity index is 1.76. The SMILES string of the molecule is Cc1ccc(-n2c(C)c3c(c2C)P(=S)(Nc2c(Cl)cccc2Cl)N(c2ccccc2)N=C3)cc1. The van der Waals surface area contributed by atoms with E-state index in [9.17, 15) is 0 Å². The molecule has 2 heterocycles. The number of para-hydroxylation sites is 2. The molecule has 0 bridgehead atoms. The van der Waals surface area contributed by atoms with Crippen LogP contribution in [0, 0.1) is 20.8 Å². The van der Waals surface area contributed by atoms with Crippen molar-refractivity contribution in [2.75, 3.05) is 9.87 Å². The minimum absolute atomic E-state index is 0.521. The second kappa shape index (κ2) is 8.90. The smallest absolute Gasteiger partial charge is 0.173 e. The van der Waals surface area contributed by atoms with E-state index < -0.39 is 6.34 Å². The Kier molecular flexibility index (Phi) is 6.07. The van der Waals surface area contributed by atoms with Crippen LogP contribution in [-0.2, 0) is 11.8 Å². The number of nitrogens with zero attached hydrogens (tertiary/aromatic N) is 3. The zero-order valence-corrected chi connectivity index (χ0v) is 22.2. The van der Waals surface area contributed by atoms with Crippen molar-refractivity contribution in [1.82, 2.24) is 4.57 Å². The second-order valence-corrected chi connectivity index (χ2v) is 12.9. The Morgan fingerprint density at radius 2 is 1.44 bits per heavy atom. The van der Waals surface area contributed by atoms with Crippen molar-refractivity contribution in [2.24, 2.45) is 5.10 Å². The van der Waals surface area contributed by atoms with Gasteiger partial charge in [0.25, 0.3) is 0 Å². The number of benzene rings is 3. The summed E-state index contributed by atoms with van der Waals surface area (Å²) < 4.78 is 4.18. The van der Waals surface area contributed by atoms with Gasteiger partial charge in [0.1, 0.15) is 0 Å². The van der Waals surface area contributed by atoms with Gasteiger partial charge in [0.15, 0.2) is 6.34 Å². The molecular weight excluding hydrogens is 502 g/mol. The first-order chi connectivity index (χ1) is 16.3. The van der Waals surface area contributed by atoms with E-state index in [2.05, 4.69) is 54.7 Å². The number of hydrazone groups is 1. The molecule has 34 heavy (non-hydrogen) atoms. The molecule has 1 unspecified atom stereocenters. The first-order valence-corrected chi connectivity index (χ1v) is 14.3. The topological polar surface area (TPSA) is 32.6 Å². The molecule has 1 aliphatic rings. The highest BCUT2D eigenvalue weighted by Gasteiger charge is 2.39. The summed E-state index contributed by atoms with van der Waals surface area (Å²) in [6.07, 6.45) is -0.843. The fraction of sp³-hybridized carbons (Fsp3) is 0.115. The predicted octanol–water partition coefficient (Wildman–Crippen LogP) is 7.61. The molecule has 0 saturated carbocycles. The number of aromatic nitrogens is 1. The normalized spacial score (nSPS) is 17.0. The lowest BCUT2D eigenvalue weighted by Gasteiger charge is -2.37. The molecule has 172 valence electrons. The molecule has 3 aromatic carbocycles. The van der Waals surface area contributed by atoms with E-state index >= 15 is 0 Å². The van der Waals surface area contributed by atoms with E-state index in [1.807, 2.05) is 59.5 Å². The molecule has 1 aromatic heterocycles. The molecule has 0 aliphatic carbocycles. The van der Waals surface area contributed by atoms with Crippen LogP contribution < -0.4 is 15.2 Å². The highest BCUT2D eigenvalue weighted by molar-refractivity contribution is 8.19. The third-order valence-corrected chi connectivity index (χ3v) is 10.5. The summed E-state index contributed by atoms with van der Waals surface area (Å²) in [6.45, 7) is 6.31. The summed E-state index contributed by atoms with van der Waals surface area (Å²) in [7, 11) is 0. The molecular formula is C26H23Cl2N4PS. The van der Waals surface area contributed by atoms with Gasteiger partial charge in [0.2, 0.25) is 0 Å². The molecule has 5 rings (SSSR count). The Morgan fingerprint density at radius 1 is 0.794 bits per heavy atom. The van der Waals surface area contributed by atoms with E-state index in [0.717, 1.165) is 33.6 Å². The van der Waals surface area contributed by atoms with E-state index in [1.165, 1.54) is 5.56 Å². The highest BCUT2D eigenvalue weighted by atomic mass is 35.5. The van der Waals surface area contributed by atoms with E-state index in [4.69, 9.17) is 40.1 Å². The first kappa shape index (κ1) is 23.2. The molecule has 0 fully saturated rings. The Labute approximate surface area is 214 Å². The van der Waals surface area contributed by atoms with Gasteiger partial charge in [0.05, 0.1) is 32.9 Å². The van der Waals surface area contributed by atoms with E-state index in [-0.39, 0.29) is 0 Å². The van der Waals surface area contributed by atoms with Gasteiger partial charge in [0, 0.05) is 22.6 Å². The van der Waals surface area contributed by atoms with Crippen LogP contribution in [0.5, 0.6) is 0 Å². The van der Waals surface area contributed by atoms with Crippen molar-refractivity contribution in [1.29, 1.82) is 0 Å². The maximum atomic E-state index is 6.58. The van der Waals surface area contributed by atoms with Gasteiger partial charge < -0.3 is 9.65 Å². The lowest BCUT2D eigenvalue weighted by Crippen LogP contribution is -2.32. The van der Waals surface area contributed by atoms with Crippen LogP contribution in [0.3, 0.4) is 0 Å². The Morgan fingerprint density at radius 3 is 2.09 bits per heavy atom. The van der Waals surface area contributed by atoms with Crippen molar-refractivity contribution >= 4 is 64.2 Å². The molecule has 1 N–H and O–H groups in total. The van der Waals surface area contributed by atoms with Crippen LogP contribution in [0.4, 0.5) is 11.4 Å². The van der Waals surface area contributed by atoms with Crippen LogP contribution >= 0.6 is 29.5 Å². The molecule has 1 atom stereocenters. The second-order valence-electron chi connectivity index (χ2n) is 8.26. The molecule has 0 amide bonds. The van der Waals surface area contributed by atoms with Crippen LogP contribution in [0.1, 0.15) is 22.5 Å². The van der Waals surface area contributed by atoms with Gasteiger partial charge in [-0.15, -0.1) is 0 Å². The van der Waals surface area contributed by atoms with Crippen LogP contribution in [0.2, 0.25) is 10.0 Å². The van der Waals surface area contributed by atoms with Gasteiger partial charge >= 0.3 is 0 Å². The number of rotatable bonds is 4. The number of nitrogens with one attached hydrogen (secondary N) is 1. The average molecular weight is 525 g/mol. The van der Waals surface area contributed by atoms with Crippen LogP contribution in [0.25, 0.3) is 5.69 Å². The minimum atomic E-state index is -2.76. The number of fused-ring (bicyclic) bond motifs is 1. The molecule has 8 heteroatoms. The maximum absolute atomic E-state index is 6.58. The summed E-state index contributed by atoms with van der Waals surface area (Å²) in [5.41, 5.74) is 7.03. The van der Waals surface area contributed by atoms with E-state index in [0.29, 0.717) is 15.7 Å². The maximum Gasteiger partial charge on any atom is 0.173 e. The lowest BCUT2D eigenvalue weighted by molar-refractivity contribution is 0.967. The average Bonchev–Trinajstić information content (AvgIpc) is 3.09.